The second kappa shape index (κ2) is 8.71. The zero-order valence-electron chi connectivity index (χ0n) is 24.5. The van der Waals surface area contributed by atoms with E-state index in [4.69, 9.17) is 9.97 Å². The fraction of sp³-hybridized carbons (Fsp3) is 0.257. The van der Waals surface area contributed by atoms with Gasteiger partial charge in [0.15, 0.2) is 0 Å². The van der Waals surface area contributed by atoms with Gasteiger partial charge in [0.1, 0.15) is 23.0 Å². The number of nitrogens with one attached hydrogen (secondary N) is 2. The van der Waals surface area contributed by atoms with Gasteiger partial charge in [-0.1, -0.05) is 36.4 Å². The number of imidazole rings is 2. The lowest BCUT2D eigenvalue weighted by molar-refractivity contribution is 0.541. The Morgan fingerprint density at radius 1 is 0.463 bits per heavy atom. The number of hydrogen-bond donors (Lipinski definition) is 2. The normalized spacial score (nSPS) is 16.6. The zero-order chi connectivity index (χ0) is 28.6. The molecule has 41 heavy (non-hydrogen) atoms. The van der Waals surface area contributed by atoms with Crippen LogP contribution >= 0.6 is 0 Å². The van der Waals surface area contributed by atoms with Gasteiger partial charge in [-0.25, -0.2) is 9.97 Å². The fourth-order valence-corrected chi connectivity index (χ4v) is 6.09. The van der Waals surface area contributed by atoms with E-state index in [1.165, 1.54) is 0 Å². The van der Waals surface area contributed by atoms with Gasteiger partial charge in [0, 0.05) is 52.0 Å². The van der Waals surface area contributed by atoms with Crippen LogP contribution in [0.25, 0.3) is 22.8 Å². The molecular formula is C35H36N6. The molecule has 4 aromatic heterocycles. The highest BCUT2D eigenvalue weighted by Crippen LogP contribution is 2.40. The molecule has 0 spiro atoms. The highest BCUT2D eigenvalue weighted by Gasteiger charge is 2.37. The summed E-state index contributed by atoms with van der Waals surface area (Å²) in [5, 5.41) is 0. The van der Waals surface area contributed by atoms with E-state index in [1.54, 1.807) is 0 Å². The molecular weight excluding hydrogens is 504 g/mol. The summed E-state index contributed by atoms with van der Waals surface area (Å²) >= 11 is 0. The molecule has 6 aromatic rings. The van der Waals surface area contributed by atoms with E-state index in [-0.39, 0.29) is 5.41 Å². The monoisotopic (exact) mass is 540 g/mol. The summed E-state index contributed by atoms with van der Waals surface area (Å²) in [7, 11) is 0. The number of aromatic nitrogens is 6. The SMILES string of the molecule is CC1(C)c2ccc([nH]2)C(C)(C)c2nc(cn2-c2ccccc2)-c2cn(-c3ccccc3)c(n2)C(C)(C)c2ccc1[nH]2. The first-order chi connectivity index (χ1) is 19.6. The van der Waals surface area contributed by atoms with Crippen molar-refractivity contribution in [1.82, 2.24) is 29.1 Å². The summed E-state index contributed by atoms with van der Waals surface area (Å²) in [6, 6.07) is 29.8. The number of nitrogens with zero attached hydrogens (tertiary/aromatic N) is 4. The van der Waals surface area contributed by atoms with E-state index in [0.29, 0.717) is 0 Å². The molecule has 6 heteroatoms. The highest BCUT2D eigenvalue weighted by molar-refractivity contribution is 5.58. The summed E-state index contributed by atoms with van der Waals surface area (Å²) in [5.41, 5.74) is 7.31. The summed E-state index contributed by atoms with van der Waals surface area (Å²) in [5.74, 6) is 1.91. The van der Waals surface area contributed by atoms with Gasteiger partial charge in [0.05, 0.1) is 10.8 Å². The van der Waals surface area contributed by atoms with Crippen LogP contribution in [0.3, 0.4) is 0 Å². The molecule has 0 radical (unpaired) electrons. The van der Waals surface area contributed by atoms with Crippen LogP contribution in [0.4, 0.5) is 0 Å². The molecule has 2 aromatic carbocycles. The first-order valence-electron chi connectivity index (χ1n) is 14.3. The summed E-state index contributed by atoms with van der Waals surface area (Å²) in [6.45, 7) is 13.5. The minimum atomic E-state index is -0.409. The van der Waals surface area contributed by atoms with Crippen molar-refractivity contribution in [3.8, 4) is 22.8 Å². The molecule has 5 heterocycles. The van der Waals surface area contributed by atoms with Gasteiger partial charge in [-0.15, -0.1) is 0 Å². The van der Waals surface area contributed by atoms with Crippen molar-refractivity contribution >= 4 is 0 Å². The van der Waals surface area contributed by atoms with E-state index in [2.05, 4.69) is 146 Å². The summed E-state index contributed by atoms with van der Waals surface area (Å²) < 4.78 is 4.44. The molecule has 0 atom stereocenters. The zero-order valence-corrected chi connectivity index (χ0v) is 24.5. The third-order valence-corrected chi connectivity index (χ3v) is 8.93. The average molecular weight is 541 g/mol. The van der Waals surface area contributed by atoms with Gasteiger partial charge >= 0.3 is 0 Å². The van der Waals surface area contributed by atoms with Crippen LogP contribution in [0.1, 0.15) is 76.0 Å². The number of aromatic amines is 2. The van der Waals surface area contributed by atoms with Crippen LogP contribution in [0.5, 0.6) is 0 Å². The molecule has 1 aliphatic heterocycles. The number of hydrogen-bond acceptors (Lipinski definition) is 2. The predicted octanol–water partition coefficient (Wildman–Crippen LogP) is 7.67. The lowest BCUT2D eigenvalue weighted by Gasteiger charge is -2.27. The molecule has 0 saturated heterocycles. The molecule has 0 saturated carbocycles. The number of benzene rings is 2. The molecule has 0 unspecified atom stereocenters. The molecule has 0 aliphatic carbocycles. The largest absolute Gasteiger partial charge is 0.361 e. The van der Waals surface area contributed by atoms with Crippen LogP contribution in [0, 0.1) is 0 Å². The van der Waals surface area contributed by atoms with Gasteiger partial charge in [-0.3, -0.25) is 0 Å². The lowest BCUT2D eigenvalue weighted by Crippen LogP contribution is -2.26. The molecule has 0 fully saturated rings. The molecule has 0 amide bonds. The Bertz CT molecular complexity index is 1720. The Kier molecular flexibility index (Phi) is 5.39. The second-order valence-electron chi connectivity index (χ2n) is 12.8. The maximum Gasteiger partial charge on any atom is 0.125 e. The van der Waals surface area contributed by atoms with Crippen LogP contribution < -0.4 is 0 Å². The molecule has 8 bridgehead atoms. The number of rotatable bonds is 2. The molecule has 1 aliphatic rings. The smallest absolute Gasteiger partial charge is 0.125 e. The quantitative estimate of drug-likeness (QED) is 0.237. The number of para-hydroxylation sites is 2. The van der Waals surface area contributed by atoms with E-state index in [9.17, 15) is 0 Å². The number of fused-ring (bicyclic) bond motifs is 9. The van der Waals surface area contributed by atoms with Crippen molar-refractivity contribution in [1.29, 1.82) is 0 Å². The molecule has 2 N–H and O–H groups in total. The minimum Gasteiger partial charge on any atom is -0.361 e. The predicted molar refractivity (Wildman–Crippen MR) is 164 cm³/mol. The van der Waals surface area contributed by atoms with Crippen molar-refractivity contribution in [2.45, 2.75) is 57.8 Å². The van der Waals surface area contributed by atoms with Crippen LogP contribution in [0.2, 0.25) is 0 Å². The Morgan fingerprint density at radius 2 is 0.805 bits per heavy atom. The third kappa shape index (κ3) is 3.85. The average Bonchev–Trinajstić information content (AvgIpc) is 3.78. The Balaban J connectivity index is 1.55. The minimum absolute atomic E-state index is 0.261. The summed E-state index contributed by atoms with van der Waals surface area (Å²) in [4.78, 5) is 18.2. The topological polar surface area (TPSA) is 67.2 Å². The van der Waals surface area contributed by atoms with Crippen molar-refractivity contribution < 1.29 is 0 Å². The Hall–Kier alpha value is -4.58. The van der Waals surface area contributed by atoms with Crippen LogP contribution in [-0.2, 0) is 16.2 Å². The van der Waals surface area contributed by atoms with Crippen molar-refractivity contribution in [3.63, 3.8) is 0 Å². The van der Waals surface area contributed by atoms with Crippen molar-refractivity contribution in [2.24, 2.45) is 0 Å². The van der Waals surface area contributed by atoms with Gasteiger partial charge in [0.2, 0.25) is 0 Å². The first-order valence-corrected chi connectivity index (χ1v) is 14.3. The Labute approximate surface area is 241 Å². The highest BCUT2D eigenvalue weighted by atomic mass is 15.1. The third-order valence-electron chi connectivity index (χ3n) is 8.93. The van der Waals surface area contributed by atoms with Crippen LogP contribution in [0.15, 0.2) is 97.3 Å². The van der Waals surface area contributed by atoms with Crippen LogP contribution in [-0.4, -0.2) is 29.1 Å². The maximum absolute atomic E-state index is 5.32. The van der Waals surface area contributed by atoms with Crippen molar-refractivity contribution in [3.05, 3.63) is 132 Å². The van der Waals surface area contributed by atoms with E-state index in [0.717, 1.165) is 57.2 Å². The van der Waals surface area contributed by atoms with Gasteiger partial charge in [-0.2, -0.15) is 0 Å². The van der Waals surface area contributed by atoms with Gasteiger partial charge in [0.25, 0.3) is 0 Å². The Morgan fingerprint density at radius 3 is 1.17 bits per heavy atom. The van der Waals surface area contributed by atoms with Gasteiger partial charge < -0.3 is 19.1 Å². The lowest BCUT2D eigenvalue weighted by atomic mass is 9.86. The van der Waals surface area contributed by atoms with Crippen molar-refractivity contribution in [2.75, 3.05) is 0 Å². The standard InChI is InChI=1S/C35H36N6/c1-33(2)27-17-19-29(38-27)34(3,4)31-36-25(21-40(31)23-13-9-7-10-14-23)26-22-41(24-15-11-8-12-16-24)32(37-26)35(5,6)30-20-18-28(33)39-30/h7-22,38-39H,1-6H3. The van der Waals surface area contributed by atoms with Gasteiger partial charge in [-0.05, 0) is 90.1 Å². The second-order valence-corrected chi connectivity index (χ2v) is 12.8. The molecule has 6 nitrogen and oxygen atoms in total. The van der Waals surface area contributed by atoms with E-state index >= 15 is 0 Å². The van der Waals surface area contributed by atoms with E-state index in [1.807, 2.05) is 12.1 Å². The maximum atomic E-state index is 5.32. The first kappa shape index (κ1) is 25.4. The molecule has 206 valence electrons. The summed E-state index contributed by atoms with van der Waals surface area (Å²) in [6.07, 6.45) is 4.26. The molecule has 7 rings (SSSR count). The van der Waals surface area contributed by atoms with E-state index < -0.39 is 10.8 Å². The fourth-order valence-electron chi connectivity index (χ4n) is 6.09. The number of H-pyrrole nitrogens is 2.